The first-order valence-corrected chi connectivity index (χ1v) is 7.06. The van der Waals surface area contributed by atoms with E-state index in [-0.39, 0.29) is 5.78 Å². The number of aromatic nitrogens is 1. The Labute approximate surface area is 127 Å². The van der Waals surface area contributed by atoms with Crippen molar-refractivity contribution in [1.82, 2.24) is 4.98 Å². The van der Waals surface area contributed by atoms with E-state index in [2.05, 4.69) is 4.98 Å². The number of Topliss-reactive ketones (excluding diaryl/α,β-unsaturated/α-hetero) is 1. The minimum absolute atomic E-state index is 0.116. The van der Waals surface area contributed by atoms with E-state index in [1.54, 1.807) is 24.4 Å². The lowest BCUT2D eigenvalue weighted by atomic mass is 10.0. The van der Waals surface area contributed by atoms with E-state index in [9.17, 15) is 4.79 Å². The Morgan fingerprint density at radius 1 is 1.33 bits per heavy atom. The smallest absolute Gasteiger partial charge is 0.170 e. The molecule has 1 aliphatic rings. The number of ketones is 1. The fraction of sp³-hybridized carbons (Fsp3) is 0.250. The van der Waals surface area contributed by atoms with Gasteiger partial charge in [-0.05, 0) is 31.2 Å². The molecule has 0 N–H and O–H groups in total. The van der Waals surface area contributed by atoms with Crippen LogP contribution in [0.25, 0.3) is 0 Å². The Morgan fingerprint density at radius 2 is 2.19 bits per heavy atom. The Balaban J connectivity index is 1.80. The normalized spacial score (nSPS) is 13.5. The van der Waals surface area contributed by atoms with Crippen molar-refractivity contribution in [3.05, 3.63) is 52.3 Å². The summed E-state index contributed by atoms with van der Waals surface area (Å²) in [5.41, 5.74) is 2.26. The van der Waals surface area contributed by atoms with Crippen molar-refractivity contribution < 1.29 is 14.3 Å². The molecule has 0 radical (unpaired) electrons. The maximum Gasteiger partial charge on any atom is 0.170 e. The van der Waals surface area contributed by atoms with Crippen LogP contribution in [0.3, 0.4) is 0 Å². The largest absolute Gasteiger partial charge is 0.492 e. The molecule has 108 valence electrons. The summed E-state index contributed by atoms with van der Waals surface area (Å²) in [5, 5.41) is 0.593. The van der Waals surface area contributed by atoms with E-state index in [4.69, 9.17) is 21.1 Å². The lowest BCUT2D eigenvalue weighted by Crippen LogP contribution is -2.16. The van der Waals surface area contributed by atoms with Crippen molar-refractivity contribution in [2.75, 3.05) is 6.61 Å². The Bertz CT molecular complexity index is 683. The third-order valence-electron chi connectivity index (χ3n) is 3.40. The standard InChI is InChI=1S/C16H14ClNO3/c1-10-15(21-9-12-3-2-11(17)8-18-12)5-4-13-14(19)6-7-20-16(10)13/h2-5,8H,6-7,9H2,1H3. The minimum atomic E-state index is 0.116. The van der Waals surface area contributed by atoms with Gasteiger partial charge in [-0.15, -0.1) is 0 Å². The molecule has 5 heteroatoms. The summed E-state index contributed by atoms with van der Waals surface area (Å²) in [6, 6.07) is 7.15. The fourth-order valence-electron chi connectivity index (χ4n) is 2.26. The molecule has 21 heavy (non-hydrogen) atoms. The van der Waals surface area contributed by atoms with Gasteiger partial charge in [-0.2, -0.15) is 0 Å². The molecular weight excluding hydrogens is 290 g/mol. The Morgan fingerprint density at radius 3 is 2.95 bits per heavy atom. The van der Waals surface area contributed by atoms with Gasteiger partial charge in [0.2, 0.25) is 0 Å². The molecule has 0 unspecified atom stereocenters. The molecule has 0 fully saturated rings. The molecule has 4 nitrogen and oxygen atoms in total. The molecule has 1 aromatic carbocycles. The van der Waals surface area contributed by atoms with Gasteiger partial charge in [-0.25, -0.2) is 0 Å². The van der Waals surface area contributed by atoms with Gasteiger partial charge >= 0.3 is 0 Å². The highest BCUT2D eigenvalue weighted by molar-refractivity contribution is 6.30. The molecule has 0 amide bonds. The van der Waals surface area contributed by atoms with Crippen molar-refractivity contribution in [3.8, 4) is 11.5 Å². The number of carbonyl (C=O) groups is 1. The summed E-state index contributed by atoms with van der Waals surface area (Å²) in [6.45, 7) is 2.65. The van der Waals surface area contributed by atoms with Crippen LogP contribution in [0, 0.1) is 6.92 Å². The summed E-state index contributed by atoms with van der Waals surface area (Å²) < 4.78 is 11.4. The van der Waals surface area contributed by atoms with E-state index in [0.29, 0.717) is 41.7 Å². The van der Waals surface area contributed by atoms with Gasteiger partial charge in [-0.3, -0.25) is 9.78 Å². The van der Waals surface area contributed by atoms with Gasteiger partial charge in [-0.1, -0.05) is 11.6 Å². The van der Waals surface area contributed by atoms with Crippen molar-refractivity contribution in [2.45, 2.75) is 20.0 Å². The van der Waals surface area contributed by atoms with Crippen molar-refractivity contribution in [2.24, 2.45) is 0 Å². The monoisotopic (exact) mass is 303 g/mol. The third kappa shape index (κ3) is 2.85. The third-order valence-corrected chi connectivity index (χ3v) is 3.62. The molecule has 2 aromatic rings. The van der Waals surface area contributed by atoms with Crippen LogP contribution in [-0.4, -0.2) is 17.4 Å². The lowest BCUT2D eigenvalue weighted by molar-refractivity contribution is 0.0932. The van der Waals surface area contributed by atoms with Crippen LogP contribution in [0.4, 0.5) is 0 Å². The number of rotatable bonds is 3. The molecule has 0 saturated heterocycles. The number of pyridine rings is 1. The summed E-state index contributed by atoms with van der Waals surface area (Å²) in [6.07, 6.45) is 2.02. The summed E-state index contributed by atoms with van der Waals surface area (Å²) >= 11 is 5.80. The number of hydrogen-bond donors (Lipinski definition) is 0. The van der Waals surface area contributed by atoms with Crippen molar-refractivity contribution >= 4 is 17.4 Å². The van der Waals surface area contributed by atoms with Crippen LogP contribution in [-0.2, 0) is 6.61 Å². The van der Waals surface area contributed by atoms with Crippen molar-refractivity contribution in [1.29, 1.82) is 0 Å². The first-order valence-electron chi connectivity index (χ1n) is 6.68. The molecular formula is C16H14ClNO3. The predicted octanol–water partition coefficient (Wildman–Crippen LogP) is 3.59. The topological polar surface area (TPSA) is 48.4 Å². The van der Waals surface area contributed by atoms with Gasteiger partial charge < -0.3 is 9.47 Å². The zero-order valence-electron chi connectivity index (χ0n) is 11.6. The van der Waals surface area contributed by atoms with E-state index in [1.807, 2.05) is 13.0 Å². The number of benzene rings is 1. The number of halogens is 1. The lowest BCUT2D eigenvalue weighted by Gasteiger charge is -2.20. The molecule has 1 aromatic heterocycles. The van der Waals surface area contributed by atoms with Crippen molar-refractivity contribution in [3.63, 3.8) is 0 Å². The molecule has 0 atom stereocenters. The van der Waals surface area contributed by atoms with E-state index >= 15 is 0 Å². The predicted molar refractivity (Wildman–Crippen MR) is 79.2 cm³/mol. The van der Waals surface area contributed by atoms with Gasteiger partial charge in [0, 0.05) is 18.2 Å². The molecule has 0 aliphatic carbocycles. The Hall–Kier alpha value is -2.07. The zero-order valence-corrected chi connectivity index (χ0v) is 12.3. The molecule has 1 aliphatic heterocycles. The molecule has 0 saturated carbocycles. The summed E-state index contributed by atoms with van der Waals surface area (Å²) in [7, 11) is 0. The van der Waals surface area contributed by atoms with Gasteiger partial charge in [0.15, 0.2) is 5.78 Å². The number of carbonyl (C=O) groups excluding carboxylic acids is 1. The fourth-order valence-corrected chi connectivity index (χ4v) is 2.37. The second-order valence-corrected chi connectivity index (χ2v) is 5.28. The number of nitrogens with zero attached hydrogens (tertiary/aromatic N) is 1. The summed E-state index contributed by atoms with van der Waals surface area (Å²) in [5.74, 6) is 1.44. The highest BCUT2D eigenvalue weighted by Gasteiger charge is 2.22. The van der Waals surface area contributed by atoms with Crippen LogP contribution < -0.4 is 9.47 Å². The quantitative estimate of drug-likeness (QED) is 0.869. The van der Waals surface area contributed by atoms with Crippen LogP contribution in [0.1, 0.15) is 28.0 Å². The minimum Gasteiger partial charge on any atom is -0.492 e. The average molecular weight is 304 g/mol. The highest BCUT2D eigenvalue weighted by Crippen LogP contribution is 2.34. The highest BCUT2D eigenvalue weighted by atomic mass is 35.5. The van der Waals surface area contributed by atoms with Crippen LogP contribution in [0.2, 0.25) is 5.02 Å². The Kier molecular flexibility index (Phi) is 3.80. The molecule has 3 rings (SSSR count). The first kappa shape index (κ1) is 13.9. The van der Waals surface area contributed by atoms with Crippen LogP contribution in [0.15, 0.2) is 30.5 Å². The van der Waals surface area contributed by atoms with E-state index in [1.165, 1.54) is 0 Å². The number of hydrogen-bond acceptors (Lipinski definition) is 4. The number of ether oxygens (including phenoxy) is 2. The van der Waals surface area contributed by atoms with Crippen LogP contribution in [0.5, 0.6) is 11.5 Å². The SMILES string of the molecule is Cc1c(OCc2ccc(Cl)cn2)ccc2c1OCCC2=O. The van der Waals surface area contributed by atoms with Gasteiger partial charge in [0.1, 0.15) is 18.1 Å². The molecule has 0 spiro atoms. The van der Waals surface area contributed by atoms with Gasteiger partial charge in [0.25, 0.3) is 0 Å². The van der Waals surface area contributed by atoms with E-state index < -0.39 is 0 Å². The zero-order chi connectivity index (χ0) is 14.8. The van der Waals surface area contributed by atoms with E-state index in [0.717, 1.165) is 11.3 Å². The second-order valence-electron chi connectivity index (χ2n) is 4.84. The molecule has 0 bridgehead atoms. The average Bonchev–Trinajstić information content (AvgIpc) is 2.49. The maximum absolute atomic E-state index is 11.8. The maximum atomic E-state index is 11.8. The first-order chi connectivity index (χ1) is 10.1. The van der Waals surface area contributed by atoms with Crippen LogP contribution >= 0.6 is 11.6 Å². The second kappa shape index (κ2) is 5.74. The summed E-state index contributed by atoms with van der Waals surface area (Å²) in [4.78, 5) is 16.0. The van der Waals surface area contributed by atoms with Gasteiger partial charge in [0.05, 0.1) is 22.9 Å². The number of fused-ring (bicyclic) bond motifs is 1. The molecule has 2 heterocycles.